The topological polar surface area (TPSA) is 144 Å². The number of carbonyl (C=O) groups is 4. The molecule has 2 aliphatic rings. The van der Waals surface area contributed by atoms with E-state index in [2.05, 4.69) is 5.92 Å². The molecule has 2 fully saturated rings. The Hall–Kier alpha value is -2.84. The van der Waals surface area contributed by atoms with Crippen molar-refractivity contribution in [2.75, 3.05) is 6.61 Å². The Bertz CT molecular complexity index is 749. The smallest absolute Gasteiger partial charge is 0.456 e. The molecule has 0 spiro atoms. The quantitative estimate of drug-likeness (QED) is 0.347. The Kier molecular flexibility index (Phi) is 8.86. The molecule has 0 aromatic rings. The van der Waals surface area contributed by atoms with Gasteiger partial charge in [0.15, 0.2) is 17.8 Å². The predicted octanol–water partition coefficient (Wildman–Crippen LogP) is 0.988. The second-order valence-electron chi connectivity index (χ2n) is 7.62. The maximum absolute atomic E-state index is 12.5. The molecule has 1 saturated heterocycles. The molecule has 0 bridgehead atoms. The van der Waals surface area contributed by atoms with Crippen molar-refractivity contribution in [2.45, 2.75) is 89.2 Å². The lowest BCUT2D eigenvalue weighted by molar-refractivity contribution is -0.298. The minimum atomic E-state index is -1.64. The summed E-state index contributed by atoms with van der Waals surface area (Å²) >= 11 is 0. The second kappa shape index (κ2) is 11.2. The van der Waals surface area contributed by atoms with Gasteiger partial charge in [-0.05, 0) is 25.7 Å². The van der Waals surface area contributed by atoms with Crippen LogP contribution in [0.5, 0.6) is 0 Å². The average Bonchev–Trinajstić information content (AvgIpc) is 2.71. The molecule has 32 heavy (non-hydrogen) atoms. The molecular weight excluding hydrogens is 428 g/mol. The summed E-state index contributed by atoms with van der Waals surface area (Å²) in [6.45, 7) is 2.58. The van der Waals surface area contributed by atoms with Crippen molar-refractivity contribution in [3.63, 3.8) is 0 Å². The summed E-state index contributed by atoms with van der Waals surface area (Å²) in [5.41, 5.74) is -1.13. The number of esters is 3. The molecule has 1 saturated carbocycles. The van der Waals surface area contributed by atoms with Gasteiger partial charge in [0.25, 0.3) is 0 Å². The van der Waals surface area contributed by atoms with E-state index in [1.165, 1.54) is 0 Å². The molecule has 1 N–H and O–H groups in total. The number of hydrogen-bond acceptors (Lipinski definition) is 11. The first-order chi connectivity index (χ1) is 15.1. The summed E-state index contributed by atoms with van der Waals surface area (Å²) in [5.74, 6) is 0.130. The van der Waals surface area contributed by atoms with E-state index in [1.54, 1.807) is 0 Å². The molecule has 11 nitrogen and oxygen atoms in total. The van der Waals surface area contributed by atoms with Crippen LogP contribution >= 0.6 is 0 Å². The molecule has 1 heterocycles. The Morgan fingerprint density at radius 2 is 1.44 bits per heavy atom. The highest BCUT2D eigenvalue weighted by Gasteiger charge is 2.53. The van der Waals surface area contributed by atoms with Gasteiger partial charge in [-0.3, -0.25) is 14.4 Å². The summed E-state index contributed by atoms with van der Waals surface area (Å²) in [4.78, 5) is 47.5. The van der Waals surface area contributed by atoms with Crippen LogP contribution in [0.15, 0.2) is 0 Å². The highest BCUT2D eigenvalue weighted by Crippen LogP contribution is 2.33. The Morgan fingerprint density at radius 3 is 1.94 bits per heavy atom. The summed E-state index contributed by atoms with van der Waals surface area (Å²) in [6.07, 6.45) is 0.647. The van der Waals surface area contributed by atoms with Crippen LogP contribution < -0.4 is 0 Å². The van der Waals surface area contributed by atoms with Crippen molar-refractivity contribution >= 4 is 24.1 Å². The van der Waals surface area contributed by atoms with Gasteiger partial charge < -0.3 is 33.5 Å². The predicted molar refractivity (Wildman–Crippen MR) is 105 cm³/mol. The monoisotopic (exact) mass is 456 g/mol. The maximum Gasteiger partial charge on any atom is 0.512 e. The van der Waals surface area contributed by atoms with Crippen molar-refractivity contribution in [1.29, 1.82) is 0 Å². The van der Waals surface area contributed by atoms with E-state index in [0.29, 0.717) is 12.8 Å². The van der Waals surface area contributed by atoms with Crippen molar-refractivity contribution in [2.24, 2.45) is 0 Å². The summed E-state index contributed by atoms with van der Waals surface area (Å²) in [7, 11) is 0. The van der Waals surface area contributed by atoms with Gasteiger partial charge in [-0.15, -0.1) is 6.42 Å². The molecule has 178 valence electrons. The van der Waals surface area contributed by atoms with Crippen molar-refractivity contribution in [3.8, 4) is 12.3 Å². The molecule has 0 aromatic carbocycles. The fourth-order valence-electron chi connectivity index (χ4n) is 3.77. The Morgan fingerprint density at radius 1 is 0.906 bits per heavy atom. The van der Waals surface area contributed by atoms with Crippen LogP contribution in [0.4, 0.5) is 4.79 Å². The van der Waals surface area contributed by atoms with Gasteiger partial charge in [0.05, 0.1) is 6.61 Å². The molecule has 0 aromatic heterocycles. The Labute approximate surface area is 185 Å². The zero-order valence-corrected chi connectivity index (χ0v) is 18.2. The first-order valence-electron chi connectivity index (χ1n) is 10.3. The molecule has 1 aliphatic carbocycles. The van der Waals surface area contributed by atoms with Crippen LogP contribution in [-0.2, 0) is 42.8 Å². The number of ether oxygens (including phenoxy) is 6. The SMILES string of the molecule is C#CC1(OC(=O)O[C@@H]2OC(CO)[C@H](OC(C)=O)C(OC(C)=O)C2OC(C)=O)CCCCC1. The van der Waals surface area contributed by atoms with Gasteiger partial charge in [0, 0.05) is 20.8 Å². The van der Waals surface area contributed by atoms with E-state index >= 15 is 0 Å². The third-order valence-corrected chi connectivity index (χ3v) is 5.09. The lowest BCUT2D eigenvalue weighted by Gasteiger charge is -2.43. The highest BCUT2D eigenvalue weighted by atomic mass is 16.8. The molecule has 2 rings (SSSR count). The highest BCUT2D eigenvalue weighted by molar-refractivity contribution is 5.68. The van der Waals surface area contributed by atoms with Gasteiger partial charge in [-0.25, -0.2) is 4.79 Å². The molecular formula is C21H28O11. The van der Waals surface area contributed by atoms with Crippen LogP contribution in [-0.4, -0.2) is 72.1 Å². The third-order valence-electron chi connectivity index (χ3n) is 5.09. The Balaban J connectivity index is 2.28. The lowest BCUT2D eigenvalue weighted by Crippen LogP contribution is -2.63. The van der Waals surface area contributed by atoms with E-state index < -0.39 is 67.0 Å². The number of hydrogen-bond donors (Lipinski definition) is 1. The molecule has 0 radical (unpaired) electrons. The van der Waals surface area contributed by atoms with Gasteiger partial charge in [0.1, 0.15) is 6.10 Å². The van der Waals surface area contributed by atoms with Gasteiger partial charge >= 0.3 is 24.1 Å². The van der Waals surface area contributed by atoms with E-state index in [-0.39, 0.29) is 0 Å². The third kappa shape index (κ3) is 6.58. The zero-order valence-electron chi connectivity index (χ0n) is 18.2. The van der Waals surface area contributed by atoms with Gasteiger partial charge in [0.2, 0.25) is 12.4 Å². The van der Waals surface area contributed by atoms with Crippen LogP contribution in [0.1, 0.15) is 52.9 Å². The number of terminal acetylenes is 1. The summed E-state index contributed by atoms with van der Waals surface area (Å²) < 4.78 is 31.7. The minimum absolute atomic E-state index is 0.460. The van der Waals surface area contributed by atoms with Crippen molar-refractivity contribution < 1.29 is 52.7 Å². The summed E-state index contributed by atoms with van der Waals surface area (Å²) in [5, 5.41) is 9.72. The van der Waals surface area contributed by atoms with Crippen molar-refractivity contribution in [1.82, 2.24) is 0 Å². The largest absolute Gasteiger partial charge is 0.512 e. The zero-order chi connectivity index (χ0) is 23.9. The molecule has 1 aliphatic heterocycles. The number of carbonyl (C=O) groups excluding carboxylic acids is 4. The minimum Gasteiger partial charge on any atom is -0.456 e. The van der Waals surface area contributed by atoms with Gasteiger partial charge in [-0.2, -0.15) is 0 Å². The first-order valence-corrected chi connectivity index (χ1v) is 10.3. The van der Waals surface area contributed by atoms with E-state index in [9.17, 15) is 24.3 Å². The number of rotatable bonds is 6. The van der Waals surface area contributed by atoms with E-state index in [4.69, 9.17) is 34.8 Å². The average molecular weight is 456 g/mol. The second-order valence-corrected chi connectivity index (χ2v) is 7.62. The fraction of sp³-hybridized carbons (Fsp3) is 0.714. The van der Waals surface area contributed by atoms with Crippen molar-refractivity contribution in [3.05, 3.63) is 0 Å². The van der Waals surface area contributed by atoms with Crippen LogP contribution in [0.3, 0.4) is 0 Å². The summed E-state index contributed by atoms with van der Waals surface area (Å²) in [6, 6.07) is 0. The van der Waals surface area contributed by atoms with Crippen LogP contribution in [0.25, 0.3) is 0 Å². The number of aliphatic hydroxyl groups is 1. The van der Waals surface area contributed by atoms with E-state index in [0.717, 1.165) is 40.0 Å². The normalized spacial score (nSPS) is 29.0. The molecule has 0 amide bonds. The molecule has 3 unspecified atom stereocenters. The molecule has 11 heteroatoms. The standard InChI is InChI=1S/C21H28O11/c1-5-21(9-7-6-8-10-21)32-20(26)31-19-18(29-14(4)25)17(28-13(3)24)16(27-12(2)23)15(11-22)30-19/h1,15-19,22H,6-11H2,2-4H3/t15?,16-,17?,18?,19-/m0/s1. The van der Waals surface area contributed by atoms with Gasteiger partial charge in [-0.1, -0.05) is 12.3 Å². The number of aliphatic hydroxyl groups excluding tert-OH is 1. The first kappa shape index (κ1) is 25.4. The maximum atomic E-state index is 12.5. The van der Waals surface area contributed by atoms with E-state index in [1.807, 2.05) is 0 Å². The fourth-order valence-corrected chi connectivity index (χ4v) is 3.77. The van der Waals surface area contributed by atoms with Crippen LogP contribution in [0.2, 0.25) is 0 Å². The molecule has 5 atom stereocenters. The van der Waals surface area contributed by atoms with Crippen LogP contribution in [0, 0.1) is 12.3 Å². The lowest BCUT2D eigenvalue weighted by atomic mass is 9.85.